The zero-order valence-corrected chi connectivity index (χ0v) is 23.5. The molecule has 0 radical (unpaired) electrons. The fourth-order valence-corrected chi connectivity index (χ4v) is 4.56. The maximum absolute atomic E-state index is 13.3. The third-order valence-electron chi connectivity index (χ3n) is 6.57. The van der Waals surface area contributed by atoms with Gasteiger partial charge in [0.2, 0.25) is 5.91 Å². The molecular formula is C32H36N4O4. The van der Waals surface area contributed by atoms with E-state index in [1.165, 1.54) is 0 Å². The summed E-state index contributed by atoms with van der Waals surface area (Å²) in [5, 5.41) is 6.35. The number of carbonyl (C=O) groups is 3. The Kier molecular flexibility index (Phi) is 9.35. The van der Waals surface area contributed by atoms with Crippen LogP contribution in [0.1, 0.15) is 48.2 Å². The van der Waals surface area contributed by atoms with Crippen molar-refractivity contribution in [3.8, 4) is 0 Å². The molecule has 0 saturated carbocycles. The molecule has 0 bridgehead atoms. The molecule has 0 saturated heterocycles. The first-order valence-electron chi connectivity index (χ1n) is 13.6. The second kappa shape index (κ2) is 13.1. The minimum Gasteiger partial charge on any atom is -0.462 e. The molecule has 0 fully saturated rings. The van der Waals surface area contributed by atoms with E-state index in [9.17, 15) is 14.4 Å². The van der Waals surface area contributed by atoms with Crippen LogP contribution in [0.4, 0.5) is 17.1 Å². The quantitative estimate of drug-likeness (QED) is 0.247. The van der Waals surface area contributed by atoms with Gasteiger partial charge in [-0.15, -0.1) is 0 Å². The lowest BCUT2D eigenvalue weighted by Crippen LogP contribution is -2.36. The number of hydrogen-bond acceptors (Lipinski definition) is 6. The molecule has 2 amide bonds. The molecule has 0 atom stereocenters. The van der Waals surface area contributed by atoms with Gasteiger partial charge < -0.3 is 25.2 Å². The SMILES string of the molecule is CCCC(=O)N(CCN(C)C)c1ccc(NC(=C2C(=O)Nc3cc(C(=O)OCC)ccc32)c2ccccc2)cc1. The number of nitrogens with zero attached hydrogens (tertiary/aromatic N) is 2. The fourth-order valence-electron chi connectivity index (χ4n) is 4.56. The monoisotopic (exact) mass is 540 g/mol. The molecule has 0 aliphatic carbocycles. The summed E-state index contributed by atoms with van der Waals surface area (Å²) in [6.07, 6.45) is 1.28. The van der Waals surface area contributed by atoms with Gasteiger partial charge in [-0.05, 0) is 69.4 Å². The maximum atomic E-state index is 13.3. The van der Waals surface area contributed by atoms with Crippen molar-refractivity contribution in [2.24, 2.45) is 0 Å². The number of likely N-dealkylation sites (N-methyl/N-ethyl adjacent to an activating group) is 1. The Hall–Kier alpha value is -4.43. The number of fused-ring (bicyclic) bond motifs is 1. The number of esters is 1. The van der Waals surface area contributed by atoms with Crippen LogP contribution in [0.3, 0.4) is 0 Å². The van der Waals surface area contributed by atoms with E-state index in [1.807, 2.05) is 80.5 Å². The Morgan fingerprint density at radius 2 is 1.62 bits per heavy atom. The van der Waals surface area contributed by atoms with Crippen LogP contribution in [0.15, 0.2) is 72.8 Å². The normalized spacial score (nSPS) is 13.5. The average molecular weight is 541 g/mol. The van der Waals surface area contributed by atoms with Crippen molar-refractivity contribution in [1.82, 2.24) is 4.90 Å². The lowest BCUT2D eigenvalue weighted by atomic mass is 9.99. The third-order valence-corrected chi connectivity index (χ3v) is 6.57. The van der Waals surface area contributed by atoms with Crippen molar-refractivity contribution < 1.29 is 19.1 Å². The minimum atomic E-state index is -0.435. The predicted molar refractivity (Wildman–Crippen MR) is 160 cm³/mol. The Morgan fingerprint density at radius 1 is 0.900 bits per heavy atom. The van der Waals surface area contributed by atoms with Crippen molar-refractivity contribution in [1.29, 1.82) is 0 Å². The molecule has 8 nitrogen and oxygen atoms in total. The van der Waals surface area contributed by atoms with Gasteiger partial charge in [0.1, 0.15) is 0 Å². The third kappa shape index (κ3) is 6.58. The van der Waals surface area contributed by atoms with Gasteiger partial charge in [-0.2, -0.15) is 0 Å². The molecule has 3 aromatic rings. The smallest absolute Gasteiger partial charge is 0.338 e. The number of rotatable bonds is 11. The summed E-state index contributed by atoms with van der Waals surface area (Å²) in [6.45, 7) is 5.38. The molecule has 0 unspecified atom stereocenters. The first kappa shape index (κ1) is 28.6. The van der Waals surface area contributed by atoms with Crippen LogP contribution in [0.2, 0.25) is 0 Å². The Balaban J connectivity index is 1.70. The largest absolute Gasteiger partial charge is 0.462 e. The van der Waals surface area contributed by atoms with E-state index in [2.05, 4.69) is 15.5 Å². The minimum absolute atomic E-state index is 0.0959. The van der Waals surface area contributed by atoms with Gasteiger partial charge >= 0.3 is 5.97 Å². The maximum Gasteiger partial charge on any atom is 0.338 e. The topological polar surface area (TPSA) is 91.0 Å². The first-order valence-corrected chi connectivity index (χ1v) is 13.6. The Morgan fingerprint density at radius 3 is 2.27 bits per heavy atom. The molecule has 1 aliphatic heterocycles. The van der Waals surface area contributed by atoms with Crippen molar-refractivity contribution in [2.75, 3.05) is 49.3 Å². The van der Waals surface area contributed by atoms with E-state index in [-0.39, 0.29) is 18.4 Å². The van der Waals surface area contributed by atoms with E-state index in [0.717, 1.165) is 29.9 Å². The number of amides is 2. The Labute approximate surface area is 235 Å². The molecule has 8 heteroatoms. The zero-order valence-electron chi connectivity index (χ0n) is 23.5. The van der Waals surface area contributed by atoms with Gasteiger partial charge in [-0.25, -0.2) is 4.79 Å². The van der Waals surface area contributed by atoms with Crippen molar-refractivity contribution >= 4 is 46.1 Å². The predicted octanol–water partition coefficient (Wildman–Crippen LogP) is 5.49. The molecule has 208 valence electrons. The van der Waals surface area contributed by atoms with E-state index < -0.39 is 5.97 Å². The van der Waals surface area contributed by atoms with Crippen LogP contribution in [0.25, 0.3) is 11.3 Å². The van der Waals surface area contributed by atoms with Gasteiger partial charge in [0.05, 0.1) is 29.1 Å². The molecule has 3 aromatic carbocycles. The van der Waals surface area contributed by atoms with Gasteiger partial charge in [-0.3, -0.25) is 9.59 Å². The molecule has 0 spiro atoms. The molecule has 1 aliphatic rings. The van der Waals surface area contributed by atoms with Crippen LogP contribution >= 0.6 is 0 Å². The summed E-state index contributed by atoms with van der Waals surface area (Å²) in [6, 6.07) is 22.4. The highest BCUT2D eigenvalue weighted by Crippen LogP contribution is 2.38. The zero-order chi connectivity index (χ0) is 28.6. The molecular weight excluding hydrogens is 504 g/mol. The van der Waals surface area contributed by atoms with E-state index >= 15 is 0 Å². The second-order valence-electron chi connectivity index (χ2n) is 9.82. The second-order valence-corrected chi connectivity index (χ2v) is 9.82. The molecule has 4 rings (SSSR count). The summed E-state index contributed by atoms with van der Waals surface area (Å²) >= 11 is 0. The fraction of sp³-hybridized carbons (Fsp3) is 0.281. The van der Waals surface area contributed by atoms with Crippen molar-refractivity contribution in [3.05, 3.63) is 89.5 Å². The molecule has 1 heterocycles. The van der Waals surface area contributed by atoms with Crippen LogP contribution in [-0.2, 0) is 14.3 Å². The highest BCUT2D eigenvalue weighted by atomic mass is 16.5. The van der Waals surface area contributed by atoms with E-state index in [4.69, 9.17) is 4.74 Å². The van der Waals surface area contributed by atoms with Gasteiger partial charge in [0.15, 0.2) is 0 Å². The summed E-state index contributed by atoms with van der Waals surface area (Å²) < 4.78 is 5.12. The van der Waals surface area contributed by atoms with Crippen molar-refractivity contribution in [2.45, 2.75) is 26.7 Å². The van der Waals surface area contributed by atoms with Crippen LogP contribution in [0.5, 0.6) is 0 Å². The average Bonchev–Trinajstić information content (AvgIpc) is 3.27. The van der Waals surface area contributed by atoms with Gasteiger partial charge in [0.25, 0.3) is 5.91 Å². The van der Waals surface area contributed by atoms with Crippen LogP contribution < -0.4 is 15.5 Å². The number of benzene rings is 3. The van der Waals surface area contributed by atoms with Crippen LogP contribution in [-0.4, -0.2) is 56.5 Å². The lowest BCUT2D eigenvalue weighted by molar-refractivity contribution is -0.118. The van der Waals surface area contributed by atoms with Gasteiger partial charge in [0, 0.05) is 36.4 Å². The van der Waals surface area contributed by atoms with Gasteiger partial charge in [-0.1, -0.05) is 43.3 Å². The van der Waals surface area contributed by atoms with E-state index in [0.29, 0.717) is 41.1 Å². The number of anilines is 3. The highest BCUT2D eigenvalue weighted by Gasteiger charge is 2.29. The Bertz CT molecular complexity index is 1400. The summed E-state index contributed by atoms with van der Waals surface area (Å²) in [4.78, 5) is 42.2. The van der Waals surface area contributed by atoms with Crippen molar-refractivity contribution in [3.63, 3.8) is 0 Å². The summed E-state index contributed by atoms with van der Waals surface area (Å²) in [5.74, 6) is -0.604. The number of hydrogen-bond donors (Lipinski definition) is 2. The number of ether oxygens (including phenoxy) is 1. The van der Waals surface area contributed by atoms with Crippen LogP contribution in [0, 0.1) is 0 Å². The first-order chi connectivity index (χ1) is 19.3. The standard InChI is InChI=1S/C32H36N4O4/c1-5-10-28(37)36(20-19-35(3)4)25-16-14-24(15-17-25)33-30(22-11-8-7-9-12-22)29-26-18-13-23(32(39)40-6-2)21-27(26)34-31(29)38/h7-9,11-18,21,33H,5-6,10,19-20H2,1-4H3,(H,34,38). The molecule has 2 N–H and O–H groups in total. The number of nitrogens with one attached hydrogen (secondary N) is 2. The summed E-state index contributed by atoms with van der Waals surface area (Å²) in [5.41, 5.74) is 5.19. The molecule has 40 heavy (non-hydrogen) atoms. The molecule has 0 aromatic heterocycles. The lowest BCUT2D eigenvalue weighted by Gasteiger charge is -2.25. The number of carbonyl (C=O) groups excluding carboxylic acids is 3. The highest BCUT2D eigenvalue weighted by molar-refractivity contribution is 6.37. The summed E-state index contributed by atoms with van der Waals surface area (Å²) in [7, 11) is 3.98. The van der Waals surface area contributed by atoms with E-state index in [1.54, 1.807) is 25.1 Å².